The summed E-state index contributed by atoms with van der Waals surface area (Å²) in [5.74, 6) is 0.101. The molecule has 3 heteroatoms. The van der Waals surface area contributed by atoms with Crippen molar-refractivity contribution in [3.05, 3.63) is 30.3 Å². The number of nitrogens with two attached hydrogens (primary N) is 1. The largest absolute Gasteiger partial charge is 0.329 e. The van der Waals surface area contributed by atoms with Gasteiger partial charge in [0.1, 0.15) is 0 Å². The van der Waals surface area contributed by atoms with E-state index in [2.05, 4.69) is 0 Å². The number of rotatable bonds is 3. The van der Waals surface area contributed by atoms with Gasteiger partial charge in [-0.05, 0) is 12.1 Å². The Balaban J connectivity index is 2.97. The monoisotopic (exact) mass is 220 g/mol. The van der Waals surface area contributed by atoms with Crippen molar-refractivity contribution in [2.24, 2.45) is 11.1 Å². The first-order valence-corrected chi connectivity index (χ1v) is 5.54. The minimum absolute atomic E-state index is 0.101. The molecule has 1 aromatic rings. The number of anilines is 1. The number of amides is 1. The molecule has 0 atom stereocenters. The zero-order chi connectivity index (χ0) is 12.2. The van der Waals surface area contributed by atoms with Crippen LogP contribution in [-0.2, 0) is 4.79 Å². The standard InChI is InChI=1S/C13H20N2O/c1-13(2,3)12(16)15(10-9-14)11-7-5-4-6-8-11/h4-8H,9-10,14H2,1-3H3. The van der Waals surface area contributed by atoms with Gasteiger partial charge < -0.3 is 10.6 Å². The van der Waals surface area contributed by atoms with Gasteiger partial charge in [-0.15, -0.1) is 0 Å². The SMILES string of the molecule is CC(C)(C)C(=O)N(CCN)c1ccccc1. The molecule has 0 radical (unpaired) electrons. The van der Waals surface area contributed by atoms with E-state index < -0.39 is 0 Å². The van der Waals surface area contributed by atoms with Crippen LogP contribution in [0.5, 0.6) is 0 Å². The second kappa shape index (κ2) is 5.12. The third-order valence-corrected chi connectivity index (χ3v) is 2.31. The summed E-state index contributed by atoms with van der Waals surface area (Å²) in [6, 6.07) is 9.65. The van der Waals surface area contributed by atoms with Crippen LogP contribution < -0.4 is 10.6 Å². The van der Waals surface area contributed by atoms with Gasteiger partial charge in [-0.1, -0.05) is 39.0 Å². The molecule has 0 aliphatic carbocycles. The fourth-order valence-electron chi connectivity index (χ4n) is 1.49. The number of hydrogen-bond donors (Lipinski definition) is 1. The average molecular weight is 220 g/mol. The van der Waals surface area contributed by atoms with Gasteiger partial charge in [0.15, 0.2) is 0 Å². The lowest BCUT2D eigenvalue weighted by Gasteiger charge is -2.29. The first-order valence-electron chi connectivity index (χ1n) is 5.54. The van der Waals surface area contributed by atoms with Crippen molar-refractivity contribution < 1.29 is 4.79 Å². The average Bonchev–Trinajstić information content (AvgIpc) is 2.25. The number of nitrogens with zero attached hydrogens (tertiary/aromatic N) is 1. The summed E-state index contributed by atoms with van der Waals surface area (Å²) < 4.78 is 0. The molecule has 0 heterocycles. The molecule has 88 valence electrons. The minimum atomic E-state index is -0.384. The van der Waals surface area contributed by atoms with Crippen LogP contribution in [0.3, 0.4) is 0 Å². The molecule has 2 N–H and O–H groups in total. The van der Waals surface area contributed by atoms with Crippen LogP contribution in [0.1, 0.15) is 20.8 Å². The van der Waals surface area contributed by atoms with Crippen LogP contribution in [0, 0.1) is 5.41 Å². The van der Waals surface area contributed by atoms with E-state index in [-0.39, 0.29) is 11.3 Å². The van der Waals surface area contributed by atoms with Crippen molar-refractivity contribution in [1.29, 1.82) is 0 Å². The Bertz CT molecular complexity index is 341. The first kappa shape index (κ1) is 12.7. The second-order valence-corrected chi connectivity index (χ2v) is 4.83. The molecule has 0 saturated heterocycles. The summed E-state index contributed by atoms with van der Waals surface area (Å²) >= 11 is 0. The van der Waals surface area contributed by atoms with Gasteiger partial charge in [0.2, 0.25) is 5.91 Å². The van der Waals surface area contributed by atoms with Gasteiger partial charge in [-0.25, -0.2) is 0 Å². The number of carbonyl (C=O) groups is 1. The van der Waals surface area contributed by atoms with E-state index in [0.29, 0.717) is 13.1 Å². The smallest absolute Gasteiger partial charge is 0.232 e. The van der Waals surface area contributed by atoms with Gasteiger partial charge in [0.05, 0.1) is 0 Å². The normalized spacial score (nSPS) is 11.2. The third-order valence-electron chi connectivity index (χ3n) is 2.31. The first-order chi connectivity index (χ1) is 7.46. The molecule has 1 rings (SSSR count). The molecule has 16 heavy (non-hydrogen) atoms. The van der Waals surface area contributed by atoms with Crippen molar-refractivity contribution in [3.63, 3.8) is 0 Å². The second-order valence-electron chi connectivity index (χ2n) is 4.83. The van der Waals surface area contributed by atoms with E-state index in [4.69, 9.17) is 5.73 Å². The quantitative estimate of drug-likeness (QED) is 0.847. The van der Waals surface area contributed by atoms with E-state index in [9.17, 15) is 4.79 Å². The topological polar surface area (TPSA) is 46.3 Å². The molecule has 0 aliphatic rings. The summed E-state index contributed by atoms with van der Waals surface area (Å²) in [6.45, 7) is 6.78. The van der Waals surface area contributed by atoms with Crippen LogP contribution in [0.2, 0.25) is 0 Å². The van der Waals surface area contributed by atoms with Crippen LogP contribution in [0.15, 0.2) is 30.3 Å². The van der Waals surface area contributed by atoms with Crippen molar-refractivity contribution in [3.8, 4) is 0 Å². The number of benzene rings is 1. The molecule has 1 amide bonds. The predicted octanol–water partition coefficient (Wildman–Crippen LogP) is 2.02. The van der Waals surface area contributed by atoms with Gasteiger partial charge in [0.25, 0.3) is 0 Å². The molecule has 3 nitrogen and oxygen atoms in total. The van der Waals surface area contributed by atoms with Gasteiger partial charge in [-0.3, -0.25) is 4.79 Å². The van der Waals surface area contributed by atoms with E-state index in [1.54, 1.807) is 4.90 Å². The highest BCUT2D eigenvalue weighted by molar-refractivity contribution is 5.96. The molecule has 0 fully saturated rings. The Labute approximate surface area is 97.2 Å². The van der Waals surface area contributed by atoms with E-state index in [0.717, 1.165) is 5.69 Å². The maximum absolute atomic E-state index is 12.2. The highest BCUT2D eigenvalue weighted by atomic mass is 16.2. The highest BCUT2D eigenvalue weighted by Crippen LogP contribution is 2.22. The van der Waals surface area contributed by atoms with Crippen LogP contribution in [0.25, 0.3) is 0 Å². The fourth-order valence-corrected chi connectivity index (χ4v) is 1.49. The third kappa shape index (κ3) is 3.07. The summed E-state index contributed by atoms with van der Waals surface area (Å²) in [5.41, 5.74) is 6.08. The molecule has 0 bridgehead atoms. The Hall–Kier alpha value is -1.35. The van der Waals surface area contributed by atoms with Crippen molar-refractivity contribution >= 4 is 11.6 Å². The Kier molecular flexibility index (Phi) is 4.07. The maximum Gasteiger partial charge on any atom is 0.232 e. The molecule has 0 saturated carbocycles. The highest BCUT2D eigenvalue weighted by Gasteiger charge is 2.27. The molecule has 1 aromatic carbocycles. The molecular formula is C13H20N2O. The van der Waals surface area contributed by atoms with Crippen molar-refractivity contribution in [1.82, 2.24) is 0 Å². The lowest BCUT2D eigenvalue weighted by molar-refractivity contribution is -0.125. The van der Waals surface area contributed by atoms with E-state index >= 15 is 0 Å². The molecular weight excluding hydrogens is 200 g/mol. The zero-order valence-corrected chi connectivity index (χ0v) is 10.2. The summed E-state index contributed by atoms with van der Waals surface area (Å²) in [7, 11) is 0. The summed E-state index contributed by atoms with van der Waals surface area (Å²) in [4.78, 5) is 14.0. The van der Waals surface area contributed by atoms with Crippen molar-refractivity contribution in [2.45, 2.75) is 20.8 Å². The lowest BCUT2D eigenvalue weighted by atomic mass is 9.94. The van der Waals surface area contributed by atoms with Gasteiger partial charge >= 0.3 is 0 Å². The summed E-state index contributed by atoms with van der Waals surface area (Å²) in [5, 5.41) is 0. The fraction of sp³-hybridized carbons (Fsp3) is 0.462. The van der Waals surface area contributed by atoms with Gasteiger partial charge in [0, 0.05) is 24.2 Å². The van der Waals surface area contributed by atoms with E-state index in [1.807, 2.05) is 51.1 Å². The molecule has 0 aliphatic heterocycles. The summed E-state index contributed by atoms with van der Waals surface area (Å²) in [6.07, 6.45) is 0. The van der Waals surface area contributed by atoms with Crippen molar-refractivity contribution in [2.75, 3.05) is 18.0 Å². The van der Waals surface area contributed by atoms with Gasteiger partial charge in [-0.2, -0.15) is 0 Å². The van der Waals surface area contributed by atoms with Crippen LogP contribution in [-0.4, -0.2) is 19.0 Å². The number of para-hydroxylation sites is 1. The Morgan fingerprint density at radius 3 is 2.25 bits per heavy atom. The molecule has 0 aromatic heterocycles. The molecule has 0 spiro atoms. The predicted molar refractivity (Wildman–Crippen MR) is 67.3 cm³/mol. The number of hydrogen-bond acceptors (Lipinski definition) is 2. The number of carbonyl (C=O) groups excluding carboxylic acids is 1. The Morgan fingerprint density at radius 1 is 1.25 bits per heavy atom. The zero-order valence-electron chi connectivity index (χ0n) is 10.2. The maximum atomic E-state index is 12.2. The van der Waals surface area contributed by atoms with Crippen LogP contribution >= 0.6 is 0 Å². The lowest BCUT2D eigenvalue weighted by Crippen LogP contribution is -2.42. The van der Waals surface area contributed by atoms with E-state index in [1.165, 1.54) is 0 Å². The molecule has 0 unspecified atom stereocenters. The Morgan fingerprint density at radius 2 is 1.81 bits per heavy atom. The van der Waals surface area contributed by atoms with Crippen LogP contribution in [0.4, 0.5) is 5.69 Å². The minimum Gasteiger partial charge on any atom is -0.329 e.